The second-order valence-corrected chi connectivity index (χ2v) is 12.9. The Kier molecular flexibility index (Phi) is 7.60. The topological polar surface area (TPSA) is 24.4 Å². The largest absolute Gasteiger partial charge is 0.360 e. The van der Waals surface area contributed by atoms with Crippen molar-refractivity contribution in [2.45, 2.75) is 6.17 Å². The molecule has 0 bridgehead atoms. The van der Waals surface area contributed by atoms with Crippen molar-refractivity contribution in [2.24, 2.45) is 4.99 Å². The summed E-state index contributed by atoms with van der Waals surface area (Å²) in [4.78, 5) is 5.45. The van der Waals surface area contributed by atoms with E-state index in [1.165, 1.54) is 49.4 Å². The van der Waals surface area contributed by atoms with E-state index >= 15 is 0 Å². The maximum Gasteiger partial charge on any atom is 0.145 e. The van der Waals surface area contributed by atoms with Crippen LogP contribution in [0.25, 0.3) is 60.6 Å². The minimum Gasteiger partial charge on any atom is -0.360 e. The first-order valence-electron chi connectivity index (χ1n) is 17.1. The number of hydrogen-bond donors (Lipinski definition) is 1. The quantitative estimate of drug-likeness (QED) is 0.193. The second-order valence-electron chi connectivity index (χ2n) is 12.9. The summed E-state index contributed by atoms with van der Waals surface area (Å²) in [5.74, 6) is 0. The highest BCUT2D eigenvalue weighted by molar-refractivity contribution is 6.17. The Labute approximate surface area is 292 Å². The van der Waals surface area contributed by atoms with Crippen molar-refractivity contribution in [3.05, 3.63) is 211 Å². The third-order valence-electron chi connectivity index (χ3n) is 9.67. The van der Waals surface area contributed by atoms with Crippen LogP contribution >= 0.6 is 0 Å². The van der Waals surface area contributed by atoms with Crippen molar-refractivity contribution in [3.8, 4) is 33.4 Å². The first-order chi connectivity index (χ1) is 24.7. The van der Waals surface area contributed by atoms with Gasteiger partial charge in [0.1, 0.15) is 6.17 Å². The summed E-state index contributed by atoms with van der Waals surface area (Å²) < 4.78 is 0. The Hall–Kier alpha value is -6.51. The molecule has 1 unspecified atom stereocenters. The molecule has 1 aliphatic heterocycles. The van der Waals surface area contributed by atoms with E-state index in [4.69, 9.17) is 4.99 Å². The van der Waals surface area contributed by atoms with Crippen molar-refractivity contribution >= 4 is 33.0 Å². The second kappa shape index (κ2) is 12.8. The van der Waals surface area contributed by atoms with Gasteiger partial charge in [-0.25, -0.2) is 0 Å². The average Bonchev–Trinajstić information content (AvgIpc) is 3.21. The summed E-state index contributed by atoms with van der Waals surface area (Å²) in [6, 6.07) is 67.3. The number of nitrogens with zero attached hydrogens (tertiary/aromatic N) is 1. The molecule has 8 aromatic rings. The molecule has 1 N–H and O–H groups in total. The van der Waals surface area contributed by atoms with E-state index in [0.29, 0.717) is 0 Å². The van der Waals surface area contributed by atoms with Crippen LogP contribution in [0.4, 0.5) is 0 Å². The van der Waals surface area contributed by atoms with E-state index in [0.717, 1.165) is 33.7 Å². The van der Waals surface area contributed by atoms with Gasteiger partial charge >= 0.3 is 0 Å². The zero-order valence-corrected chi connectivity index (χ0v) is 27.5. The third kappa shape index (κ3) is 5.78. The minimum atomic E-state index is -0.265. The lowest BCUT2D eigenvalue weighted by atomic mass is 9.90. The number of rotatable bonds is 6. The van der Waals surface area contributed by atoms with E-state index in [9.17, 15) is 0 Å². The smallest absolute Gasteiger partial charge is 0.145 e. The molecule has 50 heavy (non-hydrogen) atoms. The van der Waals surface area contributed by atoms with Gasteiger partial charge in [0.25, 0.3) is 0 Å². The zero-order valence-electron chi connectivity index (χ0n) is 27.5. The van der Waals surface area contributed by atoms with Crippen molar-refractivity contribution in [3.63, 3.8) is 0 Å². The summed E-state index contributed by atoms with van der Waals surface area (Å²) in [6.07, 6.45) is 1.95. The molecular formula is C48H34N2. The van der Waals surface area contributed by atoms with Crippen molar-refractivity contribution in [2.75, 3.05) is 0 Å². The van der Waals surface area contributed by atoms with Crippen LogP contribution in [0, 0.1) is 0 Å². The molecule has 2 heteroatoms. The summed E-state index contributed by atoms with van der Waals surface area (Å²) >= 11 is 0. The number of hydrogen-bond acceptors (Lipinski definition) is 2. The van der Waals surface area contributed by atoms with Crippen LogP contribution in [-0.2, 0) is 0 Å². The Balaban J connectivity index is 1.22. The molecule has 236 valence electrons. The highest BCUT2D eigenvalue weighted by atomic mass is 15.1. The van der Waals surface area contributed by atoms with E-state index in [1.54, 1.807) is 0 Å². The van der Waals surface area contributed by atoms with Crippen LogP contribution in [0.5, 0.6) is 0 Å². The van der Waals surface area contributed by atoms with Crippen LogP contribution in [-0.4, -0.2) is 5.71 Å². The Morgan fingerprint density at radius 3 is 1.62 bits per heavy atom. The molecular weight excluding hydrogens is 605 g/mol. The molecule has 0 aliphatic carbocycles. The fourth-order valence-corrected chi connectivity index (χ4v) is 7.05. The lowest BCUT2D eigenvalue weighted by Gasteiger charge is -2.26. The van der Waals surface area contributed by atoms with Gasteiger partial charge in [-0.05, 0) is 96.4 Å². The van der Waals surface area contributed by atoms with Crippen molar-refractivity contribution < 1.29 is 0 Å². The number of allylic oxidation sites excluding steroid dienone is 1. The molecule has 0 radical (unpaired) electrons. The fourth-order valence-electron chi connectivity index (χ4n) is 7.05. The van der Waals surface area contributed by atoms with Crippen molar-refractivity contribution in [1.29, 1.82) is 0 Å². The highest BCUT2D eigenvalue weighted by Crippen LogP contribution is 2.36. The third-order valence-corrected chi connectivity index (χ3v) is 9.67. The predicted octanol–water partition coefficient (Wildman–Crippen LogP) is 12.1. The molecule has 0 saturated carbocycles. The van der Waals surface area contributed by atoms with Crippen LogP contribution in [0.1, 0.15) is 22.9 Å². The molecule has 1 atom stereocenters. The highest BCUT2D eigenvalue weighted by Gasteiger charge is 2.22. The first-order valence-corrected chi connectivity index (χ1v) is 17.1. The summed E-state index contributed by atoms with van der Waals surface area (Å²) in [7, 11) is 0. The van der Waals surface area contributed by atoms with Gasteiger partial charge in [0.15, 0.2) is 0 Å². The number of benzene rings is 8. The maximum absolute atomic E-state index is 5.45. The molecule has 0 fully saturated rings. The standard InChI is InChI=1S/C48H34N2/c1-3-12-33(13-4-1)39-20-11-21-43(30-39)48-49-46(36-16-5-2-6-17-36)32-47(50-48)44-27-26-41(40-24-22-34-14-7-9-18-37(34)28-40)31-45(44)42-25-23-35-15-8-10-19-38(35)29-42/h1-32,48-49H. The molecule has 1 heterocycles. The molecule has 0 spiro atoms. The van der Waals surface area contributed by atoms with E-state index in [2.05, 4.69) is 199 Å². The monoisotopic (exact) mass is 638 g/mol. The van der Waals surface area contributed by atoms with Gasteiger partial charge in [-0.1, -0.05) is 164 Å². The average molecular weight is 639 g/mol. The van der Waals surface area contributed by atoms with Crippen LogP contribution in [0.2, 0.25) is 0 Å². The van der Waals surface area contributed by atoms with Crippen LogP contribution in [0.15, 0.2) is 199 Å². The van der Waals surface area contributed by atoms with Gasteiger partial charge in [0.05, 0.1) is 5.71 Å². The fraction of sp³-hybridized carbons (Fsp3) is 0.0208. The number of nitrogens with one attached hydrogen (secondary N) is 1. The SMILES string of the molecule is C1=C(c2ccccc2)NC(c2cccc(-c3ccccc3)c2)N=C1c1ccc(-c2ccc3ccccc3c2)cc1-c1ccc2ccccc2c1. The maximum atomic E-state index is 5.45. The van der Waals surface area contributed by atoms with Crippen molar-refractivity contribution in [1.82, 2.24) is 5.32 Å². The molecule has 0 amide bonds. The van der Waals surface area contributed by atoms with Gasteiger partial charge in [0.2, 0.25) is 0 Å². The Morgan fingerprint density at radius 1 is 0.360 bits per heavy atom. The molecule has 9 rings (SSSR count). The summed E-state index contributed by atoms with van der Waals surface area (Å²) in [6.45, 7) is 0. The summed E-state index contributed by atoms with van der Waals surface area (Å²) in [5, 5.41) is 8.70. The van der Waals surface area contributed by atoms with Gasteiger partial charge in [-0.3, -0.25) is 4.99 Å². The van der Waals surface area contributed by atoms with E-state index in [-0.39, 0.29) is 6.17 Å². The van der Waals surface area contributed by atoms with Gasteiger partial charge < -0.3 is 5.32 Å². The number of fused-ring (bicyclic) bond motifs is 2. The Morgan fingerprint density at radius 2 is 0.900 bits per heavy atom. The number of aliphatic imine (C=N–C) groups is 1. The Bertz CT molecular complexity index is 2560. The van der Waals surface area contributed by atoms with Gasteiger partial charge in [-0.15, -0.1) is 0 Å². The van der Waals surface area contributed by atoms with Crippen LogP contribution in [0.3, 0.4) is 0 Å². The molecule has 0 saturated heterocycles. The zero-order chi connectivity index (χ0) is 33.3. The normalized spacial score (nSPS) is 14.2. The van der Waals surface area contributed by atoms with E-state index in [1.807, 2.05) is 0 Å². The molecule has 8 aromatic carbocycles. The lowest BCUT2D eigenvalue weighted by Crippen LogP contribution is -2.25. The predicted molar refractivity (Wildman–Crippen MR) is 211 cm³/mol. The minimum absolute atomic E-state index is 0.265. The molecule has 1 aliphatic rings. The first kappa shape index (κ1) is 29.6. The summed E-state index contributed by atoms with van der Waals surface area (Å²) in [5.41, 5.74) is 12.4. The van der Waals surface area contributed by atoms with E-state index < -0.39 is 0 Å². The van der Waals surface area contributed by atoms with Gasteiger partial charge in [0, 0.05) is 11.3 Å². The lowest BCUT2D eigenvalue weighted by molar-refractivity contribution is 0.664. The van der Waals surface area contributed by atoms with Gasteiger partial charge in [-0.2, -0.15) is 0 Å². The molecule has 0 aromatic heterocycles. The van der Waals surface area contributed by atoms with Crippen LogP contribution < -0.4 is 5.32 Å². The molecule has 2 nitrogen and oxygen atoms in total.